The molecule has 0 bridgehead atoms. The van der Waals surface area contributed by atoms with Gasteiger partial charge in [0.25, 0.3) is 0 Å². The average molecular weight is 352 g/mol. The second kappa shape index (κ2) is 6.84. The molecule has 0 unspecified atom stereocenters. The van der Waals surface area contributed by atoms with Crippen LogP contribution in [0.15, 0.2) is 29.6 Å². The van der Waals surface area contributed by atoms with Crippen LogP contribution in [0, 0.1) is 5.82 Å². The third kappa shape index (κ3) is 3.82. The van der Waals surface area contributed by atoms with E-state index in [0.29, 0.717) is 22.6 Å². The number of aromatic nitrogens is 2. The lowest BCUT2D eigenvalue weighted by Gasteiger charge is -2.11. The maximum absolute atomic E-state index is 13.9. The van der Waals surface area contributed by atoms with Gasteiger partial charge in [-0.3, -0.25) is 4.79 Å². The van der Waals surface area contributed by atoms with Gasteiger partial charge in [-0.15, -0.1) is 0 Å². The molecule has 2 aromatic rings. The monoisotopic (exact) mass is 351 g/mol. The van der Waals surface area contributed by atoms with Crippen LogP contribution >= 0.6 is 23.4 Å². The van der Waals surface area contributed by atoms with Gasteiger partial charge >= 0.3 is 0 Å². The predicted molar refractivity (Wildman–Crippen MR) is 89.9 cm³/mol. The summed E-state index contributed by atoms with van der Waals surface area (Å²) in [6.07, 6.45) is 5.69. The Morgan fingerprint density at radius 3 is 2.91 bits per heavy atom. The molecule has 1 aliphatic rings. The van der Waals surface area contributed by atoms with E-state index in [9.17, 15) is 9.18 Å². The zero-order valence-corrected chi connectivity index (χ0v) is 14.0. The van der Waals surface area contributed by atoms with Crippen LogP contribution in [0.25, 0.3) is 0 Å². The molecule has 3 rings (SSSR count). The molecule has 1 aromatic carbocycles. The van der Waals surface area contributed by atoms with Gasteiger partial charge in [0.2, 0.25) is 0 Å². The fourth-order valence-corrected chi connectivity index (χ4v) is 2.80. The van der Waals surface area contributed by atoms with Crippen molar-refractivity contribution < 1.29 is 9.18 Å². The first-order valence-corrected chi connectivity index (χ1v) is 8.82. The van der Waals surface area contributed by atoms with Crippen LogP contribution in [-0.2, 0) is 6.42 Å². The number of benzene rings is 1. The number of thioether (sulfide) groups is 1. The van der Waals surface area contributed by atoms with Gasteiger partial charge in [0.05, 0.1) is 10.6 Å². The van der Waals surface area contributed by atoms with Crippen LogP contribution in [0.4, 0.5) is 10.2 Å². The Morgan fingerprint density at radius 1 is 1.48 bits per heavy atom. The minimum absolute atomic E-state index is 0.00433. The van der Waals surface area contributed by atoms with Crippen molar-refractivity contribution in [3.63, 3.8) is 0 Å². The SMILES string of the molecule is CSc1ncc(CC(=O)c2c(F)cccc2Cl)c(NC2CC2)n1. The topological polar surface area (TPSA) is 54.9 Å². The smallest absolute Gasteiger partial charge is 0.189 e. The normalized spacial score (nSPS) is 13.9. The molecule has 23 heavy (non-hydrogen) atoms. The summed E-state index contributed by atoms with van der Waals surface area (Å²) in [5.41, 5.74) is 0.569. The Kier molecular flexibility index (Phi) is 4.82. The largest absolute Gasteiger partial charge is 0.367 e. The number of rotatable bonds is 6. The van der Waals surface area contributed by atoms with Crippen molar-refractivity contribution in [1.82, 2.24) is 9.97 Å². The molecular formula is C16H15ClFN3OS. The van der Waals surface area contributed by atoms with Gasteiger partial charge in [0.1, 0.15) is 11.6 Å². The Bertz CT molecular complexity index is 732. The number of Topliss-reactive ketones (excluding diaryl/α,β-unsaturated/α-hetero) is 1. The summed E-state index contributed by atoms with van der Waals surface area (Å²) < 4.78 is 13.9. The summed E-state index contributed by atoms with van der Waals surface area (Å²) in [5, 5.41) is 4.05. The number of hydrogen-bond donors (Lipinski definition) is 1. The molecule has 0 spiro atoms. The Morgan fingerprint density at radius 2 is 2.26 bits per heavy atom. The third-order valence-corrected chi connectivity index (χ3v) is 4.41. The number of carbonyl (C=O) groups excluding carboxylic acids is 1. The Labute approximate surface area is 142 Å². The summed E-state index contributed by atoms with van der Waals surface area (Å²) in [6.45, 7) is 0. The molecule has 120 valence electrons. The highest BCUT2D eigenvalue weighted by Gasteiger charge is 2.24. The quantitative estimate of drug-likeness (QED) is 0.484. The summed E-state index contributed by atoms with van der Waals surface area (Å²) in [4.78, 5) is 21.1. The molecule has 0 radical (unpaired) electrons. The molecule has 1 saturated carbocycles. The van der Waals surface area contributed by atoms with Crippen molar-refractivity contribution in [2.24, 2.45) is 0 Å². The summed E-state index contributed by atoms with van der Waals surface area (Å²) in [5.74, 6) is -0.346. The first-order valence-electron chi connectivity index (χ1n) is 7.22. The number of halogens is 2. The van der Waals surface area contributed by atoms with Crippen LogP contribution < -0.4 is 5.32 Å². The van der Waals surface area contributed by atoms with E-state index in [4.69, 9.17) is 11.6 Å². The highest BCUT2D eigenvalue weighted by Crippen LogP contribution is 2.28. The maximum Gasteiger partial charge on any atom is 0.189 e. The van der Waals surface area contributed by atoms with Gasteiger partial charge < -0.3 is 5.32 Å². The number of carbonyl (C=O) groups is 1. The van der Waals surface area contributed by atoms with E-state index in [1.54, 1.807) is 6.20 Å². The first kappa shape index (κ1) is 16.2. The Balaban J connectivity index is 1.88. The summed E-state index contributed by atoms with van der Waals surface area (Å²) in [7, 11) is 0. The minimum Gasteiger partial charge on any atom is -0.367 e. The molecule has 4 nitrogen and oxygen atoms in total. The highest BCUT2D eigenvalue weighted by molar-refractivity contribution is 7.98. The van der Waals surface area contributed by atoms with E-state index >= 15 is 0 Å². The van der Waals surface area contributed by atoms with Gasteiger partial charge in [0.15, 0.2) is 10.9 Å². The highest BCUT2D eigenvalue weighted by atomic mass is 35.5. The summed E-state index contributed by atoms with van der Waals surface area (Å²) >= 11 is 7.39. The molecule has 0 aliphatic heterocycles. The molecule has 1 N–H and O–H groups in total. The van der Waals surface area contributed by atoms with E-state index in [2.05, 4.69) is 15.3 Å². The third-order valence-electron chi connectivity index (χ3n) is 3.54. The van der Waals surface area contributed by atoms with Crippen LogP contribution in [0.5, 0.6) is 0 Å². The van der Waals surface area contributed by atoms with Gasteiger partial charge in [-0.2, -0.15) is 0 Å². The first-order chi connectivity index (χ1) is 11.1. The summed E-state index contributed by atoms with van der Waals surface area (Å²) in [6, 6.07) is 4.61. The molecule has 0 saturated heterocycles. The number of nitrogens with zero attached hydrogens (tertiary/aromatic N) is 2. The number of nitrogens with one attached hydrogen (secondary N) is 1. The van der Waals surface area contributed by atoms with Gasteiger partial charge in [-0.25, -0.2) is 14.4 Å². The average Bonchev–Trinajstić information content (AvgIpc) is 3.33. The van der Waals surface area contributed by atoms with Crippen LogP contribution in [0.2, 0.25) is 5.02 Å². The second-order valence-corrected chi connectivity index (χ2v) is 6.53. The number of anilines is 1. The second-order valence-electron chi connectivity index (χ2n) is 5.35. The van der Waals surface area contributed by atoms with Gasteiger partial charge in [0, 0.05) is 24.2 Å². The van der Waals surface area contributed by atoms with E-state index in [-0.39, 0.29) is 22.8 Å². The van der Waals surface area contributed by atoms with Crippen LogP contribution in [-0.4, -0.2) is 28.0 Å². The fourth-order valence-electron chi connectivity index (χ4n) is 2.19. The zero-order chi connectivity index (χ0) is 16.4. The lowest BCUT2D eigenvalue weighted by molar-refractivity contribution is 0.0989. The van der Waals surface area contributed by atoms with Crippen molar-refractivity contribution in [3.8, 4) is 0 Å². The van der Waals surface area contributed by atoms with Crippen molar-refractivity contribution >= 4 is 35.0 Å². The zero-order valence-electron chi connectivity index (χ0n) is 12.5. The maximum atomic E-state index is 13.9. The number of ketones is 1. The molecule has 1 fully saturated rings. The van der Waals surface area contributed by atoms with Crippen LogP contribution in [0.3, 0.4) is 0 Å². The lowest BCUT2D eigenvalue weighted by Crippen LogP contribution is -2.13. The minimum atomic E-state index is -0.610. The molecule has 7 heteroatoms. The van der Waals surface area contributed by atoms with Crippen molar-refractivity contribution in [2.75, 3.05) is 11.6 Å². The molecule has 1 aliphatic carbocycles. The van der Waals surface area contributed by atoms with Gasteiger partial charge in [-0.05, 0) is 31.2 Å². The predicted octanol–water partition coefficient (Wildman–Crippen LogP) is 3.99. The van der Waals surface area contributed by atoms with E-state index in [1.165, 1.54) is 30.0 Å². The van der Waals surface area contributed by atoms with Crippen LogP contribution in [0.1, 0.15) is 28.8 Å². The van der Waals surface area contributed by atoms with E-state index in [1.807, 2.05) is 6.26 Å². The van der Waals surface area contributed by atoms with Crippen molar-refractivity contribution in [3.05, 3.63) is 46.4 Å². The van der Waals surface area contributed by atoms with Gasteiger partial charge in [-0.1, -0.05) is 29.4 Å². The van der Waals surface area contributed by atoms with Crippen molar-refractivity contribution in [1.29, 1.82) is 0 Å². The van der Waals surface area contributed by atoms with E-state index in [0.717, 1.165) is 12.8 Å². The molecule has 1 heterocycles. The standard InChI is InChI=1S/C16H15ClFN3OS/c1-23-16-19-8-9(15(21-16)20-10-5-6-10)7-13(22)14-11(17)3-2-4-12(14)18/h2-4,8,10H,5-7H2,1H3,(H,19,20,21). The number of hydrogen-bond acceptors (Lipinski definition) is 5. The molecular weight excluding hydrogens is 337 g/mol. The molecule has 1 aromatic heterocycles. The van der Waals surface area contributed by atoms with Crippen molar-refractivity contribution in [2.45, 2.75) is 30.5 Å². The van der Waals surface area contributed by atoms with E-state index < -0.39 is 5.82 Å². The fraction of sp³-hybridized carbons (Fsp3) is 0.312. The molecule has 0 atom stereocenters. The molecule has 0 amide bonds. The lowest BCUT2D eigenvalue weighted by atomic mass is 10.0. The Hall–Kier alpha value is -1.66.